The van der Waals surface area contributed by atoms with Crippen LogP contribution in [0.4, 0.5) is 5.95 Å². The van der Waals surface area contributed by atoms with Gasteiger partial charge in [0.25, 0.3) is 0 Å². The topological polar surface area (TPSA) is 42.3 Å². The van der Waals surface area contributed by atoms with Gasteiger partial charge in [-0.15, -0.1) is 0 Å². The van der Waals surface area contributed by atoms with Crippen LogP contribution in [0.3, 0.4) is 0 Å². The number of piperidine rings is 1. The van der Waals surface area contributed by atoms with Gasteiger partial charge in [0.1, 0.15) is 0 Å². The lowest BCUT2D eigenvalue weighted by molar-refractivity contribution is 0.190. The lowest BCUT2D eigenvalue weighted by Gasteiger charge is -2.36. The van der Waals surface area contributed by atoms with E-state index in [1.165, 1.54) is 25.0 Å². The second-order valence-corrected chi connectivity index (χ2v) is 5.83. The smallest absolute Gasteiger partial charge is 0.206 e. The number of hydrogen-bond acceptors (Lipinski definition) is 4. The van der Waals surface area contributed by atoms with Crippen LogP contribution in [0.1, 0.15) is 38.3 Å². The Hall–Kier alpha value is -1.07. The first-order chi connectivity index (χ1) is 10.3. The van der Waals surface area contributed by atoms with Crippen LogP contribution in [0.2, 0.25) is 0 Å². The van der Waals surface area contributed by atoms with Crippen molar-refractivity contribution in [2.75, 3.05) is 38.8 Å². The Morgan fingerprint density at radius 2 is 2.29 bits per heavy atom. The van der Waals surface area contributed by atoms with Crippen LogP contribution in [-0.2, 0) is 17.7 Å². The van der Waals surface area contributed by atoms with E-state index < -0.39 is 0 Å². The van der Waals surface area contributed by atoms with Crippen molar-refractivity contribution in [1.82, 2.24) is 14.9 Å². The maximum Gasteiger partial charge on any atom is 0.206 e. The van der Waals surface area contributed by atoms with Gasteiger partial charge in [0, 0.05) is 45.6 Å². The van der Waals surface area contributed by atoms with Crippen molar-refractivity contribution < 1.29 is 4.74 Å². The largest absolute Gasteiger partial charge is 0.385 e. The van der Waals surface area contributed by atoms with Gasteiger partial charge < -0.3 is 19.5 Å². The Morgan fingerprint density at radius 1 is 1.43 bits per heavy atom. The summed E-state index contributed by atoms with van der Waals surface area (Å²) in [6, 6.07) is 0.567. The predicted octanol–water partition coefficient (Wildman–Crippen LogP) is 2.06. The van der Waals surface area contributed by atoms with Crippen LogP contribution >= 0.6 is 0 Å². The summed E-state index contributed by atoms with van der Waals surface area (Å²) in [6.07, 6.45) is 8.10. The minimum Gasteiger partial charge on any atom is -0.385 e. The van der Waals surface area contributed by atoms with Crippen molar-refractivity contribution in [3.05, 3.63) is 11.9 Å². The summed E-state index contributed by atoms with van der Waals surface area (Å²) >= 11 is 0. The highest BCUT2D eigenvalue weighted by atomic mass is 16.5. The van der Waals surface area contributed by atoms with E-state index in [4.69, 9.17) is 9.72 Å². The highest BCUT2D eigenvalue weighted by molar-refractivity contribution is 5.36. The van der Waals surface area contributed by atoms with Crippen LogP contribution in [0.25, 0.3) is 0 Å². The Labute approximate surface area is 128 Å². The van der Waals surface area contributed by atoms with Crippen LogP contribution in [0.15, 0.2) is 6.20 Å². The first-order valence-corrected chi connectivity index (χ1v) is 8.26. The second kappa shape index (κ2) is 8.39. The number of rotatable bonds is 8. The third-order valence-electron chi connectivity index (χ3n) is 4.24. The summed E-state index contributed by atoms with van der Waals surface area (Å²) in [6.45, 7) is 6.12. The highest BCUT2D eigenvalue weighted by Gasteiger charge is 2.25. The zero-order valence-electron chi connectivity index (χ0n) is 13.8. The van der Waals surface area contributed by atoms with Gasteiger partial charge in [-0.25, -0.2) is 4.98 Å². The van der Waals surface area contributed by atoms with Crippen molar-refractivity contribution in [3.63, 3.8) is 0 Å². The zero-order chi connectivity index (χ0) is 15.1. The molecule has 2 rings (SSSR count). The van der Waals surface area contributed by atoms with Crippen LogP contribution < -0.4 is 10.2 Å². The van der Waals surface area contributed by atoms with Gasteiger partial charge in [-0.3, -0.25) is 0 Å². The average Bonchev–Trinajstić information content (AvgIpc) is 2.92. The Bertz CT molecular complexity index is 416. The quantitative estimate of drug-likeness (QED) is 0.745. The molecule has 0 radical (unpaired) electrons. The molecule has 0 aromatic carbocycles. The van der Waals surface area contributed by atoms with E-state index in [-0.39, 0.29) is 0 Å². The first kappa shape index (κ1) is 16.3. The van der Waals surface area contributed by atoms with Crippen molar-refractivity contribution in [2.24, 2.45) is 0 Å². The lowest BCUT2D eigenvalue weighted by atomic mass is 10.0. The number of aromatic nitrogens is 2. The Balaban J connectivity index is 2.16. The summed E-state index contributed by atoms with van der Waals surface area (Å²) in [5.74, 6) is 1.16. The fourth-order valence-electron chi connectivity index (χ4n) is 3.11. The molecule has 0 saturated carbocycles. The van der Waals surface area contributed by atoms with Gasteiger partial charge in [0.2, 0.25) is 5.95 Å². The highest BCUT2D eigenvalue weighted by Crippen LogP contribution is 2.24. The number of methoxy groups -OCH3 is 1. The minimum absolute atomic E-state index is 0.567. The lowest BCUT2D eigenvalue weighted by Crippen LogP contribution is -2.46. The van der Waals surface area contributed by atoms with E-state index in [0.29, 0.717) is 6.04 Å². The average molecular weight is 294 g/mol. The number of hydrogen-bond donors (Lipinski definition) is 1. The van der Waals surface area contributed by atoms with Gasteiger partial charge in [0.15, 0.2) is 0 Å². The van der Waals surface area contributed by atoms with E-state index in [2.05, 4.69) is 27.9 Å². The standard InChI is InChI=1S/C16H30N4O/c1-4-14-13-19(9-7-11-21-3)16(18-14)20-10-6-5-8-15(20)12-17-2/h13,15,17H,4-12H2,1-3H3. The molecule has 0 bridgehead atoms. The summed E-state index contributed by atoms with van der Waals surface area (Å²) in [4.78, 5) is 7.39. The van der Waals surface area contributed by atoms with Gasteiger partial charge in [-0.2, -0.15) is 0 Å². The zero-order valence-corrected chi connectivity index (χ0v) is 13.8. The predicted molar refractivity (Wildman–Crippen MR) is 87.0 cm³/mol. The SMILES string of the molecule is CCc1cn(CCCOC)c(N2CCCCC2CNC)n1. The van der Waals surface area contributed by atoms with Crippen molar-refractivity contribution in [2.45, 2.75) is 51.6 Å². The fraction of sp³-hybridized carbons (Fsp3) is 0.812. The van der Waals surface area contributed by atoms with E-state index in [1.807, 2.05) is 7.05 Å². The molecule has 0 spiro atoms. The molecule has 1 aromatic rings. The number of ether oxygens (including phenoxy) is 1. The molecule has 1 aromatic heterocycles. The monoisotopic (exact) mass is 294 g/mol. The summed E-state index contributed by atoms with van der Waals surface area (Å²) in [7, 11) is 3.80. The van der Waals surface area contributed by atoms with Crippen LogP contribution in [0.5, 0.6) is 0 Å². The van der Waals surface area contributed by atoms with Crippen LogP contribution in [0, 0.1) is 0 Å². The first-order valence-electron chi connectivity index (χ1n) is 8.26. The maximum atomic E-state index is 5.18. The molecule has 21 heavy (non-hydrogen) atoms. The van der Waals surface area contributed by atoms with Gasteiger partial charge >= 0.3 is 0 Å². The number of nitrogens with one attached hydrogen (secondary N) is 1. The molecule has 5 nitrogen and oxygen atoms in total. The molecular weight excluding hydrogens is 264 g/mol. The molecule has 1 aliphatic heterocycles. The van der Waals surface area contributed by atoms with Crippen molar-refractivity contribution in [3.8, 4) is 0 Å². The van der Waals surface area contributed by atoms with Gasteiger partial charge in [-0.05, 0) is 39.2 Å². The Morgan fingerprint density at radius 3 is 3.00 bits per heavy atom. The molecule has 1 saturated heterocycles. The molecule has 120 valence electrons. The summed E-state index contributed by atoms with van der Waals surface area (Å²) in [5.41, 5.74) is 1.19. The molecule has 1 aliphatic rings. The van der Waals surface area contributed by atoms with Crippen molar-refractivity contribution >= 4 is 5.95 Å². The number of likely N-dealkylation sites (N-methyl/N-ethyl adjacent to an activating group) is 1. The fourth-order valence-corrected chi connectivity index (χ4v) is 3.11. The van der Waals surface area contributed by atoms with E-state index >= 15 is 0 Å². The molecule has 1 fully saturated rings. The molecule has 1 unspecified atom stereocenters. The number of imidazole rings is 1. The third kappa shape index (κ3) is 4.20. The van der Waals surface area contributed by atoms with E-state index in [1.54, 1.807) is 7.11 Å². The molecule has 0 aliphatic carbocycles. The molecule has 5 heteroatoms. The molecular formula is C16H30N4O. The molecule has 0 amide bonds. The Kier molecular flexibility index (Phi) is 6.51. The van der Waals surface area contributed by atoms with Crippen LogP contribution in [-0.4, -0.2) is 49.4 Å². The second-order valence-electron chi connectivity index (χ2n) is 5.83. The van der Waals surface area contributed by atoms with Crippen molar-refractivity contribution in [1.29, 1.82) is 0 Å². The number of anilines is 1. The number of aryl methyl sites for hydroxylation is 2. The normalized spacial score (nSPS) is 19.2. The van der Waals surface area contributed by atoms with E-state index in [0.717, 1.165) is 45.0 Å². The van der Waals surface area contributed by atoms with E-state index in [9.17, 15) is 0 Å². The molecule has 1 atom stereocenters. The molecule has 2 heterocycles. The minimum atomic E-state index is 0.567. The summed E-state index contributed by atoms with van der Waals surface area (Å²) < 4.78 is 7.51. The maximum absolute atomic E-state index is 5.18. The molecule has 1 N–H and O–H groups in total. The van der Waals surface area contributed by atoms with Gasteiger partial charge in [0.05, 0.1) is 5.69 Å². The number of nitrogens with zero attached hydrogens (tertiary/aromatic N) is 3. The van der Waals surface area contributed by atoms with Gasteiger partial charge in [-0.1, -0.05) is 6.92 Å². The third-order valence-corrected chi connectivity index (χ3v) is 4.24. The summed E-state index contributed by atoms with van der Waals surface area (Å²) in [5, 5.41) is 3.33.